The molecule has 2 amide bonds. The van der Waals surface area contributed by atoms with E-state index >= 15 is 0 Å². The Morgan fingerprint density at radius 1 is 0.939 bits per heavy atom. The summed E-state index contributed by atoms with van der Waals surface area (Å²) in [5.74, 6) is -1.44. The second-order valence-electron chi connectivity index (χ2n) is 7.57. The van der Waals surface area contributed by atoms with Gasteiger partial charge in [0.05, 0.1) is 12.2 Å². The molecular weight excluding hydrogens is 422 g/mol. The SMILES string of the molecule is CC(NC(=O)Nc1cccc(-c2cc(C(=O)O)c(=O)n(O)c2)c1)c1cccc2ccccc12. The van der Waals surface area contributed by atoms with Crippen LogP contribution in [0.25, 0.3) is 21.9 Å². The maximum atomic E-state index is 12.6. The lowest BCUT2D eigenvalue weighted by atomic mass is 10.00. The molecule has 4 N–H and O–H groups in total. The highest BCUT2D eigenvalue weighted by Gasteiger charge is 2.15. The van der Waals surface area contributed by atoms with E-state index in [0.29, 0.717) is 16.8 Å². The molecule has 1 aromatic heterocycles. The van der Waals surface area contributed by atoms with Gasteiger partial charge in [-0.1, -0.05) is 54.6 Å². The summed E-state index contributed by atoms with van der Waals surface area (Å²) in [6.07, 6.45) is 1.12. The first kappa shape index (κ1) is 21.6. The molecular formula is C25H21N3O5. The van der Waals surface area contributed by atoms with Crippen LogP contribution in [0.2, 0.25) is 0 Å². The molecule has 1 atom stereocenters. The van der Waals surface area contributed by atoms with Crippen LogP contribution >= 0.6 is 0 Å². The van der Waals surface area contributed by atoms with Crippen LogP contribution in [-0.4, -0.2) is 27.0 Å². The topological polar surface area (TPSA) is 121 Å². The van der Waals surface area contributed by atoms with Gasteiger partial charge in [0, 0.05) is 11.3 Å². The van der Waals surface area contributed by atoms with Crippen LogP contribution in [0.5, 0.6) is 0 Å². The predicted octanol–water partition coefficient (Wildman–Crippen LogP) is 4.49. The summed E-state index contributed by atoms with van der Waals surface area (Å²) >= 11 is 0. The van der Waals surface area contributed by atoms with Crippen LogP contribution in [0.4, 0.5) is 10.5 Å². The standard InChI is InChI=1S/C25H21N3O5/c1-15(20-11-5-7-16-6-2-3-10-21(16)20)26-25(32)27-19-9-4-8-17(12-19)18-13-22(24(30)31)23(29)28(33)14-18/h2-15,33H,1H3,(H,30,31)(H2,26,27,32). The van der Waals surface area contributed by atoms with E-state index in [9.17, 15) is 24.7 Å². The lowest BCUT2D eigenvalue weighted by molar-refractivity contribution is 0.0688. The molecule has 0 aliphatic carbocycles. The molecule has 3 aromatic carbocycles. The van der Waals surface area contributed by atoms with Gasteiger partial charge >= 0.3 is 12.0 Å². The first-order valence-electron chi connectivity index (χ1n) is 10.2. The average molecular weight is 443 g/mol. The number of aromatic carboxylic acids is 1. The Morgan fingerprint density at radius 2 is 1.67 bits per heavy atom. The van der Waals surface area contributed by atoms with Gasteiger partial charge in [-0.3, -0.25) is 4.79 Å². The first-order chi connectivity index (χ1) is 15.8. The van der Waals surface area contributed by atoms with Crippen molar-refractivity contribution in [2.24, 2.45) is 0 Å². The number of pyridine rings is 1. The Balaban J connectivity index is 1.54. The number of aromatic nitrogens is 1. The molecule has 8 heteroatoms. The number of hydrogen-bond acceptors (Lipinski definition) is 4. The number of rotatable bonds is 5. The summed E-state index contributed by atoms with van der Waals surface area (Å²) in [7, 11) is 0. The minimum Gasteiger partial charge on any atom is -0.477 e. The summed E-state index contributed by atoms with van der Waals surface area (Å²) in [6, 6.07) is 21.0. The molecule has 4 rings (SSSR count). The lowest BCUT2D eigenvalue weighted by Crippen LogP contribution is -2.31. The van der Waals surface area contributed by atoms with Crippen LogP contribution in [0.3, 0.4) is 0 Å². The largest absolute Gasteiger partial charge is 0.477 e. The van der Waals surface area contributed by atoms with E-state index in [2.05, 4.69) is 10.6 Å². The molecule has 4 aromatic rings. The fourth-order valence-corrected chi connectivity index (χ4v) is 3.73. The minimum atomic E-state index is -1.44. The van der Waals surface area contributed by atoms with Crippen LogP contribution in [-0.2, 0) is 0 Å². The Morgan fingerprint density at radius 3 is 2.45 bits per heavy atom. The van der Waals surface area contributed by atoms with Crippen molar-refractivity contribution >= 4 is 28.5 Å². The highest BCUT2D eigenvalue weighted by molar-refractivity contribution is 5.92. The maximum Gasteiger partial charge on any atom is 0.341 e. The number of amides is 2. The molecule has 0 radical (unpaired) electrons. The number of hydrogen-bond donors (Lipinski definition) is 4. The van der Waals surface area contributed by atoms with Gasteiger partial charge < -0.3 is 20.9 Å². The zero-order chi connectivity index (χ0) is 23.5. The maximum absolute atomic E-state index is 12.6. The second-order valence-corrected chi connectivity index (χ2v) is 7.57. The average Bonchev–Trinajstić information content (AvgIpc) is 2.80. The molecule has 166 valence electrons. The summed E-state index contributed by atoms with van der Waals surface area (Å²) in [5, 5.41) is 26.8. The highest BCUT2D eigenvalue weighted by atomic mass is 16.5. The third-order valence-corrected chi connectivity index (χ3v) is 5.32. The quantitative estimate of drug-likeness (QED) is 0.339. The summed E-state index contributed by atoms with van der Waals surface area (Å²) in [5.41, 5.74) is 0.686. The number of urea groups is 1. The number of carboxylic acid groups (broad SMARTS) is 1. The smallest absolute Gasteiger partial charge is 0.341 e. The zero-order valence-electron chi connectivity index (χ0n) is 17.6. The van der Waals surface area contributed by atoms with Gasteiger partial charge in [0.1, 0.15) is 5.56 Å². The van der Waals surface area contributed by atoms with Gasteiger partial charge in [-0.25, -0.2) is 9.59 Å². The predicted molar refractivity (Wildman–Crippen MR) is 125 cm³/mol. The van der Waals surface area contributed by atoms with Crippen LogP contribution in [0.15, 0.2) is 83.8 Å². The number of nitrogens with zero attached hydrogens (tertiary/aromatic N) is 1. The van der Waals surface area contributed by atoms with E-state index in [4.69, 9.17) is 0 Å². The van der Waals surface area contributed by atoms with E-state index in [1.807, 2.05) is 49.4 Å². The molecule has 1 heterocycles. The number of nitrogens with one attached hydrogen (secondary N) is 2. The Labute approximate surface area is 188 Å². The molecule has 0 bridgehead atoms. The highest BCUT2D eigenvalue weighted by Crippen LogP contribution is 2.25. The Hall–Kier alpha value is -4.59. The van der Waals surface area contributed by atoms with E-state index in [-0.39, 0.29) is 10.8 Å². The van der Waals surface area contributed by atoms with Crippen molar-refractivity contribution < 1.29 is 19.9 Å². The third-order valence-electron chi connectivity index (χ3n) is 5.32. The van der Waals surface area contributed by atoms with Crippen LogP contribution in [0.1, 0.15) is 28.9 Å². The number of carbonyl (C=O) groups excluding carboxylic acids is 1. The van der Waals surface area contributed by atoms with Gasteiger partial charge in [-0.05, 0) is 47.0 Å². The molecule has 33 heavy (non-hydrogen) atoms. The lowest BCUT2D eigenvalue weighted by Gasteiger charge is -2.17. The summed E-state index contributed by atoms with van der Waals surface area (Å²) in [4.78, 5) is 35.7. The number of benzene rings is 3. The van der Waals surface area contributed by atoms with Gasteiger partial charge in [-0.15, -0.1) is 0 Å². The number of fused-ring (bicyclic) bond motifs is 1. The molecule has 0 saturated heterocycles. The summed E-state index contributed by atoms with van der Waals surface area (Å²) in [6.45, 7) is 1.90. The first-order valence-corrected chi connectivity index (χ1v) is 10.2. The Bertz CT molecular complexity index is 1420. The molecule has 8 nitrogen and oxygen atoms in total. The van der Waals surface area contributed by atoms with Gasteiger partial charge in [0.15, 0.2) is 0 Å². The van der Waals surface area contributed by atoms with Crippen LogP contribution < -0.4 is 16.2 Å². The van der Waals surface area contributed by atoms with Crippen molar-refractivity contribution in [1.82, 2.24) is 10.0 Å². The van der Waals surface area contributed by atoms with Crippen LogP contribution in [0, 0.1) is 0 Å². The molecule has 0 spiro atoms. The monoisotopic (exact) mass is 443 g/mol. The van der Waals surface area contributed by atoms with Gasteiger partial charge in [0.2, 0.25) is 0 Å². The molecule has 1 unspecified atom stereocenters. The number of carboxylic acids is 1. The van der Waals surface area contributed by atoms with E-state index < -0.39 is 23.1 Å². The molecule has 0 aliphatic heterocycles. The molecule has 0 saturated carbocycles. The minimum absolute atomic E-state index is 0.234. The van der Waals surface area contributed by atoms with Gasteiger partial charge in [-0.2, -0.15) is 4.73 Å². The second kappa shape index (κ2) is 8.88. The zero-order valence-corrected chi connectivity index (χ0v) is 17.6. The molecule has 0 fully saturated rings. The van der Waals surface area contributed by atoms with Crippen molar-refractivity contribution in [3.63, 3.8) is 0 Å². The molecule has 0 aliphatic rings. The van der Waals surface area contributed by atoms with E-state index in [1.54, 1.807) is 24.3 Å². The Kier molecular flexibility index (Phi) is 5.82. The third kappa shape index (κ3) is 4.54. The van der Waals surface area contributed by atoms with E-state index in [1.165, 1.54) is 6.07 Å². The summed E-state index contributed by atoms with van der Waals surface area (Å²) < 4.78 is 0.234. The van der Waals surface area contributed by atoms with Crippen molar-refractivity contribution in [3.05, 3.63) is 100 Å². The van der Waals surface area contributed by atoms with Crippen molar-refractivity contribution in [1.29, 1.82) is 0 Å². The van der Waals surface area contributed by atoms with Crippen molar-refractivity contribution in [3.8, 4) is 11.1 Å². The fourth-order valence-electron chi connectivity index (χ4n) is 3.73. The van der Waals surface area contributed by atoms with Crippen molar-refractivity contribution in [2.45, 2.75) is 13.0 Å². The normalized spacial score (nSPS) is 11.7. The number of anilines is 1. The van der Waals surface area contributed by atoms with Gasteiger partial charge in [0.25, 0.3) is 5.56 Å². The number of carbonyl (C=O) groups is 2. The van der Waals surface area contributed by atoms with Crippen molar-refractivity contribution in [2.75, 3.05) is 5.32 Å². The fraction of sp³-hybridized carbons (Fsp3) is 0.0800. The van der Waals surface area contributed by atoms with E-state index in [0.717, 1.165) is 22.5 Å².